The Morgan fingerprint density at radius 1 is 1.62 bits per heavy atom. The Bertz CT molecular complexity index is 496. The predicted molar refractivity (Wildman–Crippen MR) is 56.0 cm³/mol. The fourth-order valence-electron chi connectivity index (χ4n) is 1.36. The van der Waals surface area contributed by atoms with E-state index in [1.165, 1.54) is 10.8 Å². The Morgan fingerprint density at radius 3 is 3.00 bits per heavy atom. The Morgan fingerprint density at radius 2 is 2.38 bits per heavy atom. The summed E-state index contributed by atoms with van der Waals surface area (Å²) in [4.78, 5) is 24.7. The van der Waals surface area contributed by atoms with Crippen molar-refractivity contribution in [3.63, 3.8) is 0 Å². The topological polar surface area (TPSA) is 93.6 Å². The van der Waals surface area contributed by atoms with Crippen molar-refractivity contribution in [3.05, 3.63) is 31.5 Å². The Balaban J connectivity index is 2.32. The number of aliphatic hydroxyl groups excluding tert-OH is 1. The Kier molecular flexibility index (Phi) is 3.24. The third-order valence-corrected chi connectivity index (χ3v) is 2.68. The van der Waals surface area contributed by atoms with Gasteiger partial charge in [-0.1, -0.05) is 0 Å². The van der Waals surface area contributed by atoms with E-state index in [2.05, 4.69) is 20.9 Å². The molecule has 0 aromatic carbocycles. The van der Waals surface area contributed by atoms with Crippen LogP contribution in [0.25, 0.3) is 0 Å². The molecule has 1 saturated heterocycles. The average Bonchev–Trinajstić information content (AvgIpc) is 2.71. The molecule has 16 heavy (non-hydrogen) atoms. The maximum Gasteiger partial charge on any atom is 0.330 e. The van der Waals surface area contributed by atoms with Crippen LogP contribution in [0.5, 0.6) is 0 Å². The zero-order valence-electron chi connectivity index (χ0n) is 8.05. The van der Waals surface area contributed by atoms with E-state index in [1.54, 1.807) is 0 Å². The van der Waals surface area contributed by atoms with Gasteiger partial charge in [-0.2, -0.15) is 0 Å². The van der Waals surface area contributed by atoms with E-state index in [0.29, 0.717) is 0 Å². The molecular formula is C8H9BrN2O5. The second-order valence-corrected chi connectivity index (χ2v) is 4.03. The molecule has 2 atom stereocenters. The Labute approximate surface area is 97.7 Å². The summed E-state index contributed by atoms with van der Waals surface area (Å²) in [5.74, 6) is 0. The molecule has 88 valence electrons. The number of hydrogen-bond acceptors (Lipinski definition) is 5. The van der Waals surface area contributed by atoms with Crippen LogP contribution < -0.4 is 11.2 Å². The molecule has 1 aliphatic heterocycles. The number of ether oxygens (including phenoxy) is 2. The minimum absolute atomic E-state index is 0.142. The maximum atomic E-state index is 11.5. The number of aromatic amines is 1. The van der Waals surface area contributed by atoms with Crippen molar-refractivity contribution >= 4 is 15.9 Å². The van der Waals surface area contributed by atoms with Crippen LogP contribution in [0, 0.1) is 0 Å². The molecule has 0 unspecified atom stereocenters. The third kappa shape index (κ3) is 2.09. The van der Waals surface area contributed by atoms with E-state index < -0.39 is 23.8 Å². The molecular weight excluding hydrogens is 284 g/mol. The number of aliphatic hydroxyl groups is 1. The van der Waals surface area contributed by atoms with Gasteiger partial charge in [-0.05, 0) is 15.9 Å². The molecule has 2 rings (SSSR count). The lowest BCUT2D eigenvalue weighted by atomic mass is 10.5. The van der Waals surface area contributed by atoms with Crippen LogP contribution in [0.1, 0.15) is 6.23 Å². The average molecular weight is 293 g/mol. The minimum atomic E-state index is -0.734. The van der Waals surface area contributed by atoms with Gasteiger partial charge in [-0.3, -0.25) is 14.3 Å². The summed E-state index contributed by atoms with van der Waals surface area (Å²) in [5, 5.41) is 8.79. The van der Waals surface area contributed by atoms with Gasteiger partial charge in [0.2, 0.25) is 0 Å². The van der Waals surface area contributed by atoms with E-state index in [4.69, 9.17) is 14.6 Å². The van der Waals surface area contributed by atoms with Crippen LogP contribution in [0.15, 0.2) is 20.3 Å². The van der Waals surface area contributed by atoms with Crippen molar-refractivity contribution < 1.29 is 14.6 Å². The number of halogens is 1. The van der Waals surface area contributed by atoms with Crippen LogP contribution in [0.3, 0.4) is 0 Å². The lowest BCUT2D eigenvalue weighted by molar-refractivity contribution is -0.0993. The number of hydrogen-bond donors (Lipinski definition) is 2. The first-order valence-electron chi connectivity index (χ1n) is 4.50. The summed E-state index contributed by atoms with van der Waals surface area (Å²) in [7, 11) is 0. The van der Waals surface area contributed by atoms with Crippen molar-refractivity contribution in [2.45, 2.75) is 12.5 Å². The minimum Gasteiger partial charge on any atom is -0.391 e. The highest BCUT2D eigenvalue weighted by Gasteiger charge is 2.27. The third-order valence-electron chi connectivity index (χ3n) is 2.12. The maximum absolute atomic E-state index is 11.5. The smallest absolute Gasteiger partial charge is 0.330 e. The summed E-state index contributed by atoms with van der Waals surface area (Å²) >= 11 is 3.01. The van der Waals surface area contributed by atoms with E-state index in [1.807, 2.05) is 0 Å². The van der Waals surface area contributed by atoms with Gasteiger partial charge in [-0.25, -0.2) is 4.79 Å². The van der Waals surface area contributed by atoms with Crippen LogP contribution in [0.4, 0.5) is 0 Å². The second-order valence-electron chi connectivity index (χ2n) is 3.18. The lowest BCUT2D eigenvalue weighted by Crippen LogP contribution is -2.33. The summed E-state index contributed by atoms with van der Waals surface area (Å²) in [6.45, 7) is -0.139. The number of nitrogens with zero attached hydrogens (tertiary/aromatic N) is 1. The lowest BCUT2D eigenvalue weighted by Gasteiger charge is -2.12. The molecule has 0 bridgehead atoms. The first-order valence-corrected chi connectivity index (χ1v) is 5.30. The molecule has 7 nitrogen and oxygen atoms in total. The molecule has 1 aliphatic rings. The zero-order chi connectivity index (χ0) is 11.7. The fraction of sp³-hybridized carbons (Fsp3) is 0.500. The first-order chi connectivity index (χ1) is 7.61. The monoisotopic (exact) mass is 292 g/mol. The van der Waals surface area contributed by atoms with Gasteiger partial charge in [0, 0.05) is 6.20 Å². The van der Waals surface area contributed by atoms with Gasteiger partial charge in [0.1, 0.15) is 0 Å². The molecule has 8 heteroatoms. The van der Waals surface area contributed by atoms with E-state index in [-0.39, 0.29) is 17.7 Å². The van der Waals surface area contributed by atoms with Gasteiger partial charge in [0.25, 0.3) is 5.56 Å². The number of nitrogens with one attached hydrogen (secondary N) is 1. The van der Waals surface area contributed by atoms with Crippen molar-refractivity contribution in [1.29, 1.82) is 0 Å². The molecule has 2 heterocycles. The zero-order valence-corrected chi connectivity index (χ0v) is 9.64. The van der Waals surface area contributed by atoms with Crippen molar-refractivity contribution in [2.75, 3.05) is 13.2 Å². The van der Waals surface area contributed by atoms with E-state index in [0.717, 1.165) is 0 Å². The normalized spacial score (nSPS) is 24.9. The van der Waals surface area contributed by atoms with Crippen molar-refractivity contribution in [3.8, 4) is 0 Å². The molecule has 0 amide bonds. The highest BCUT2D eigenvalue weighted by Crippen LogP contribution is 2.19. The van der Waals surface area contributed by atoms with Gasteiger partial charge < -0.3 is 14.6 Å². The highest BCUT2D eigenvalue weighted by atomic mass is 79.9. The first kappa shape index (κ1) is 11.5. The Hall–Kier alpha value is -0.960. The van der Waals surface area contributed by atoms with Crippen molar-refractivity contribution in [2.24, 2.45) is 0 Å². The highest BCUT2D eigenvalue weighted by molar-refractivity contribution is 9.10. The second kappa shape index (κ2) is 4.50. The molecule has 0 spiro atoms. The predicted octanol–water partition coefficient (Wildman–Crippen LogP) is -0.837. The number of aromatic nitrogens is 2. The van der Waals surface area contributed by atoms with E-state index in [9.17, 15) is 9.59 Å². The molecule has 1 aromatic rings. The van der Waals surface area contributed by atoms with Crippen LogP contribution in [-0.4, -0.2) is 34.2 Å². The summed E-state index contributed by atoms with van der Waals surface area (Å²) in [6.07, 6.45) is -0.0463. The molecule has 0 radical (unpaired) electrons. The SMILES string of the molecule is O=c1[nH]c(=O)n([C@@H]2CO[C@H](CO)O2)cc1Br. The van der Waals surface area contributed by atoms with Crippen molar-refractivity contribution in [1.82, 2.24) is 9.55 Å². The van der Waals surface area contributed by atoms with Gasteiger partial charge in [-0.15, -0.1) is 0 Å². The van der Waals surface area contributed by atoms with Crippen LogP contribution in [0.2, 0.25) is 0 Å². The largest absolute Gasteiger partial charge is 0.391 e. The quantitative estimate of drug-likeness (QED) is 0.742. The van der Waals surface area contributed by atoms with Gasteiger partial charge in [0.05, 0.1) is 17.7 Å². The van der Waals surface area contributed by atoms with Gasteiger partial charge in [0.15, 0.2) is 12.5 Å². The summed E-state index contributed by atoms with van der Waals surface area (Å²) < 4.78 is 11.7. The van der Waals surface area contributed by atoms with Crippen LogP contribution in [-0.2, 0) is 9.47 Å². The fourth-order valence-corrected chi connectivity index (χ4v) is 1.68. The standard InChI is InChI=1S/C8H9BrN2O5/c9-4-1-11(8(14)10-7(4)13)5-3-15-6(2-12)16-5/h1,5-6,12H,2-3H2,(H,10,13,14)/t5-,6-/m0/s1. The molecule has 1 aromatic heterocycles. The number of H-pyrrole nitrogens is 1. The molecule has 0 aliphatic carbocycles. The van der Waals surface area contributed by atoms with Gasteiger partial charge >= 0.3 is 5.69 Å². The molecule has 2 N–H and O–H groups in total. The molecule has 1 fully saturated rings. The summed E-state index contributed by atoms with van der Waals surface area (Å²) in [6, 6.07) is 0. The van der Waals surface area contributed by atoms with Crippen LogP contribution >= 0.6 is 15.9 Å². The summed E-state index contributed by atoms with van der Waals surface area (Å²) in [5.41, 5.74) is -1.08. The number of rotatable bonds is 2. The van der Waals surface area contributed by atoms with E-state index >= 15 is 0 Å². The molecule has 0 saturated carbocycles.